The molecule has 0 radical (unpaired) electrons. The molecule has 2 amide bonds. The van der Waals surface area contributed by atoms with Gasteiger partial charge in [0.25, 0.3) is 11.8 Å². The summed E-state index contributed by atoms with van der Waals surface area (Å²) in [6, 6.07) is 0. The predicted octanol–water partition coefficient (Wildman–Crippen LogP) is 4.25. The Morgan fingerprint density at radius 2 is 1.73 bits per heavy atom. The van der Waals surface area contributed by atoms with Gasteiger partial charge in [0.1, 0.15) is 6.10 Å². The van der Waals surface area contributed by atoms with E-state index in [4.69, 9.17) is 14.4 Å². The first-order chi connectivity index (χ1) is 17.7. The van der Waals surface area contributed by atoms with E-state index >= 15 is 0 Å². The van der Waals surface area contributed by atoms with Crippen LogP contribution in [0.2, 0.25) is 0 Å². The topological polar surface area (TPSA) is 112 Å². The minimum atomic E-state index is -0.827. The highest BCUT2D eigenvalue weighted by molar-refractivity contribution is 6.01. The van der Waals surface area contributed by atoms with Gasteiger partial charge in [0.05, 0.1) is 5.71 Å². The van der Waals surface area contributed by atoms with Gasteiger partial charge in [-0.15, -0.1) is 5.06 Å². The van der Waals surface area contributed by atoms with E-state index in [-0.39, 0.29) is 35.7 Å². The predicted molar refractivity (Wildman–Crippen MR) is 132 cm³/mol. The summed E-state index contributed by atoms with van der Waals surface area (Å²) in [5, 5.41) is 4.69. The van der Waals surface area contributed by atoms with Crippen LogP contribution in [0.4, 0.5) is 0 Å². The summed E-state index contributed by atoms with van der Waals surface area (Å²) in [6.07, 6.45) is 11.0. The number of imide groups is 1. The fourth-order valence-corrected chi connectivity index (χ4v) is 7.98. The van der Waals surface area contributed by atoms with Crippen molar-refractivity contribution >= 4 is 29.5 Å². The Bertz CT molecular complexity index is 1040. The molecular formula is C28H38N2O7. The number of allylic oxidation sites excluding steroid dienone is 2. The number of oxime groups is 1. The molecule has 4 fully saturated rings. The van der Waals surface area contributed by atoms with E-state index in [9.17, 15) is 19.2 Å². The van der Waals surface area contributed by atoms with Gasteiger partial charge >= 0.3 is 11.9 Å². The lowest BCUT2D eigenvalue weighted by atomic mass is 9.47. The Kier molecular flexibility index (Phi) is 6.92. The third-order valence-electron chi connectivity index (χ3n) is 10.0. The molecule has 5 aliphatic rings. The first-order valence-corrected chi connectivity index (χ1v) is 13.8. The van der Waals surface area contributed by atoms with Gasteiger partial charge in [-0.1, -0.05) is 31.5 Å². The third kappa shape index (κ3) is 4.59. The van der Waals surface area contributed by atoms with Crippen molar-refractivity contribution < 1.29 is 33.6 Å². The molecule has 1 aliphatic heterocycles. The number of ether oxygens (including phenoxy) is 1. The van der Waals surface area contributed by atoms with Crippen LogP contribution in [0.5, 0.6) is 0 Å². The number of rotatable bonds is 6. The molecule has 0 bridgehead atoms. The number of carbonyl (C=O) groups is 4. The summed E-state index contributed by atoms with van der Waals surface area (Å²) in [7, 11) is 0. The van der Waals surface area contributed by atoms with Crippen LogP contribution < -0.4 is 0 Å². The van der Waals surface area contributed by atoms with Crippen LogP contribution >= 0.6 is 0 Å². The van der Waals surface area contributed by atoms with Gasteiger partial charge in [0.2, 0.25) is 6.61 Å². The van der Waals surface area contributed by atoms with Gasteiger partial charge in [-0.2, -0.15) is 0 Å². The second-order valence-electron chi connectivity index (χ2n) is 11.9. The van der Waals surface area contributed by atoms with Gasteiger partial charge < -0.3 is 14.4 Å². The highest BCUT2D eigenvalue weighted by atomic mass is 16.7. The summed E-state index contributed by atoms with van der Waals surface area (Å²) in [6.45, 7) is 6.16. The summed E-state index contributed by atoms with van der Waals surface area (Å²) < 4.78 is 5.91. The second kappa shape index (κ2) is 9.87. The molecule has 0 N–H and O–H groups in total. The minimum absolute atomic E-state index is 0.0475. The first kappa shape index (κ1) is 25.9. The zero-order valence-electron chi connectivity index (χ0n) is 22.1. The molecule has 5 rings (SSSR count). The quantitative estimate of drug-likeness (QED) is 0.296. The lowest BCUT2D eigenvalue weighted by Gasteiger charge is -2.58. The van der Waals surface area contributed by atoms with E-state index in [0.29, 0.717) is 29.2 Å². The maximum absolute atomic E-state index is 12.0. The van der Waals surface area contributed by atoms with E-state index in [0.717, 1.165) is 57.1 Å². The summed E-state index contributed by atoms with van der Waals surface area (Å²) in [4.78, 5) is 57.3. The van der Waals surface area contributed by atoms with E-state index in [1.807, 2.05) is 6.92 Å². The molecule has 0 aromatic heterocycles. The normalized spacial score (nSPS) is 38.0. The SMILES string of the molecule is CCC(=O)O[C@H]1CC[C@H]2[C@@H]3CCC4=C/C(=N/OCC(=O)ON5C(=O)CCC5=O)CC[C@]4(C)[C@H]3CC[C@]12C. The number of hydrogen-bond acceptors (Lipinski definition) is 8. The Balaban J connectivity index is 1.21. The van der Waals surface area contributed by atoms with E-state index < -0.39 is 24.4 Å². The monoisotopic (exact) mass is 514 g/mol. The smallest absolute Gasteiger partial charge is 0.373 e. The van der Waals surface area contributed by atoms with Gasteiger partial charge in [0.15, 0.2) is 0 Å². The van der Waals surface area contributed by atoms with Crippen LogP contribution in [0, 0.1) is 28.6 Å². The molecule has 3 saturated carbocycles. The van der Waals surface area contributed by atoms with Crippen molar-refractivity contribution in [1.29, 1.82) is 0 Å². The van der Waals surface area contributed by atoms with Crippen LogP contribution in [0.25, 0.3) is 0 Å². The Labute approximate surface area is 217 Å². The Morgan fingerprint density at radius 1 is 0.973 bits per heavy atom. The summed E-state index contributed by atoms with van der Waals surface area (Å²) in [5.41, 5.74) is 2.42. The number of fused-ring (bicyclic) bond motifs is 5. The third-order valence-corrected chi connectivity index (χ3v) is 10.0. The number of carbonyl (C=O) groups excluding carboxylic acids is 4. The van der Waals surface area contributed by atoms with Crippen molar-refractivity contribution in [3.05, 3.63) is 11.6 Å². The zero-order chi connectivity index (χ0) is 26.4. The standard InChI is InChI=1S/C28H38N2O7/c1-4-25(33)36-22-8-7-20-19-6-5-17-15-18(11-13-27(17,2)21(19)12-14-28(20,22)3)29-35-16-26(34)37-30-23(31)9-10-24(30)32/h15,19-22H,4-14,16H2,1-3H3/b29-18+/t19-,20-,21-,22-,27-,28-/m0/s1. The number of esters is 1. The molecule has 0 unspecified atom stereocenters. The van der Waals surface area contributed by atoms with Gasteiger partial charge in [-0.05, 0) is 80.6 Å². The molecule has 0 aromatic rings. The number of amides is 2. The Morgan fingerprint density at radius 3 is 2.46 bits per heavy atom. The second-order valence-corrected chi connectivity index (χ2v) is 11.9. The van der Waals surface area contributed by atoms with Crippen LogP contribution in [0.15, 0.2) is 16.8 Å². The van der Waals surface area contributed by atoms with Crippen molar-refractivity contribution in [3.63, 3.8) is 0 Å². The van der Waals surface area contributed by atoms with Crippen LogP contribution in [0.3, 0.4) is 0 Å². The molecule has 202 valence electrons. The molecule has 0 spiro atoms. The van der Waals surface area contributed by atoms with E-state index in [1.165, 1.54) is 5.57 Å². The van der Waals surface area contributed by atoms with Crippen molar-refractivity contribution in [3.8, 4) is 0 Å². The van der Waals surface area contributed by atoms with Crippen molar-refractivity contribution in [2.45, 2.75) is 97.5 Å². The van der Waals surface area contributed by atoms with Crippen molar-refractivity contribution in [1.82, 2.24) is 5.06 Å². The van der Waals surface area contributed by atoms with Crippen molar-refractivity contribution in [2.24, 2.45) is 33.7 Å². The van der Waals surface area contributed by atoms with E-state index in [2.05, 4.69) is 25.1 Å². The lowest BCUT2D eigenvalue weighted by Crippen LogP contribution is -2.51. The highest BCUT2D eigenvalue weighted by Gasteiger charge is 2.59. The molecule has 9 heteroatoms. The number of nitrogens with zero attached hydrogens (tertiary/aromatic N) is 2. The van der Waals surface area contributed by atoms with Gasteiger partial charge in [-0.25, -0.2) is 4.79 Å². The molecule has 6 atom stereocenters. The highest BCUT2D eigenvalue weighted by Crippen LogP contribution is 2.65. The average molecular weight is 515 g/mol. The van der Waals surface area contributed by atoms with Crippen LogP contribution in [0.1, 0.15) is 91.4 Å². The zero-order valence-corrected chi connectivity index (χ0v) is 22.1. The maximum atomic E-state index is 12.0. The molecule has 37 heavy (non-hydrogen) atoms. The van der Waals surface area contributed by atoms with Crippen LogP contribution in [-0.4, -0.2) is 47.2 Å². The Hall–Kier alpha value is -2.71. The minimum Gasteiger partial charge on any atom is -0.462 e. The summed E-state index contributed by atoms with van der Waals surface area (Å²) >= 11 is 0. The fraction of sp³-hybridized carbons (Fsp3) is 0.750. The molecule has 0 aromatic carbocycles. The largest absolute Gasteiger partial charge is 0.462 e. The van der Waals surface area contributed by atoms with Crippen LogP contribution in [-0.2, 0) is 33.6 Å². The molecule has 4 aliphatic carbocycles. The fourth-order valence-electron chi connectivity index (χ4n) is 7.98. The first-order valence-electron chi connectivity index (χ1n) is 13.8. The molecule has 1 saturated heterocycles. The van der Waals surface area contributed by atoms with Gasteiger partial charge in [0, 0.05) is 24.7 Å². The lowest BCUT2D eigenvalue weighted by molar-refractivity contribution is -0.200. The van der Waals surface area contributed by atoms with Crippen molar-refractivity contribution in [2.75, 3.05) is 6.61 Å². The maximum Gasteiger partial charge on any atom is 0.373 e. The number of hydrogen-bond donors (Lipinski definition) is 0. The summed E-state index contributed by atoms with van der Waals surface area (Å²) in [5.74, 6) is -0.0951. The van der Waals surface area contributed by atoms with Gasteiger partial charge in [-0.3, -0.25) is 14.4 Å². The molecular weight excluding hydrogens is 476 g/mol. The molecule has 1 heterocycles. The number of hydroxylamine groups is 2. The van der Waals surface area contributed by atoms with E-state index in [1.54, 1.807) is 0 Å². The average Bonchev–Trinajstić information content (AvgIpc) is 3.37. The molecule has 9 nitrogen and oxygen atoms in total.